The van der Waals surface area contributed by atoms with Crippen LogP contribution in [0.1, 0.15) is 30.5 Å². The Kier molecular flexibility index (Phi) is 5.37. The summed E-state index contributed by atoms with van der Waals surface area (Å²) in [4.78, 5) is 23.6. The minimum absolute atomic E-state index is 0.214. The van der Waals surface area contributed by atoms with Crippen molar-refractivity contribution in [2.75, 3.05) is 0 Å². The monoisotopic (exact) mass is 552 g/mol. The number of benzene rings is 2. The zero-order chi connectivity index (χ0) is 26.4. The summed E-state index contributed by atoms with van der Waals surface area (Å²) >= 11 is 0.429. The van der Waals surface area contributed by atoms with Gasteiger partial charge in [0.1, 0.15) is 0 Å². The molecule has 36 heavy (non-hydrogen) atoms. The zero-order valence-corrected chi connectivity index (χ0v) is 18.2. The van der Waals surface area contributed by atoms with Crippen LogP contribution in [-0.2, 0) is 0 Å². The summed E-state index contributed by atoms with van der Waals surface area (Å²) in [5.41, 5.74) is -3.78. The molecular formula is C22H2F10O2S2. The van der Waals surface area contributed by atoms with Crippen LogP contribution in [0.15, 0.2) is 12.1 Å². The van der Waals surface area contributed by atoms with E-state index in [1.807, 2.05) is 0 Å². The molecule has 0 fully saturated rings. The lowest BCUT2D eigenvalue weighted by Crippen LogP contribution is -2.15. The van der Waals surface area contributed by atoms with Crippen LogP contribution in [0.4, 0.5) is 43.9 Å². The van der Waals surface area contributed by atoms with E-state index in [-0.39, 0.29) is 22.7 Å². The summed E-state index contributed by atoms with van der Waals surface area (Å²) in [6, 6.07) is 1.42. The Morgan fingerprint density at radius 2 is 0.667 bits per heavy atom. The topological polar surface area (TPSA) is 34.1 Å². The zero-order valence-electron chi connectivity index (χ0n) is 16.6. The third-order valence-electron chi connectivity index (χ3n) is 5.28. The Morgan fingerprint density at radius 3 is 0.944 bits per heavy atom. The fourth-order valence-electron chi connectivity index (χ4n) is 3.59. The summed E-state index contributed by atoms with van der Waals surface area (Å²) in [5, 5.41) is 0. The molecular weight excluding hydrogens is 550 g/mol. The van der Waals surface area contributed by atoms with Gasteiger partial charge in [-0.1, -0.05) is 0 Å². The Morgan fingerprint density at radius 1 is 0.417 bits per heavy atom. The highest BCUT2D eigenvalue weighted by molar-refractivity contribution is 7.20. The lowest BCUT2D eigenvalue weighted by molar-refractivity contribution is 0.0986. The summed E-state index contributed by atoms with van der Waals surface area (Å²) in [6.07, 6.45) is 0. The predicted molar refractivity (Wildman–Crippen MR) is 106 cm³/mol. The van der Waals surface area contributed by atoms with Crippen molar-refractivity contribution in [2.24, 2.45) is 0 Å². The molecule has 184 valence electrons. The van der Waals surface area contributed by atoms with Crippen LogP contribution in [0.2, 0.25) is 0 Å². The maximum atomic E-state index is 14.2. The minimum atomic E-state index is -2.41. The smallest absolute Gasteiger partial charge is 0.205 e. The van der Waals surface area contributed by atoms with Gasteiger partial charge in [-0.3, -0.25) is 9.59 Å². The maximum Gasteiger partial charge on any atom is 0.205 e. The molecule has 0 amide bonds. The van der Waals surface area contributed by atoms with Gasteiger partial charge in [-0.2, -0.15) is 0 Å². The Bertz CT molecular complexity index is 1460. The van der Waals surface area contributed by atoms with Crippen molar-refractivity contribution in [3.05, 3.63) is 91.2 Å². The van der Waals surface area contributed by atoms with E-state index in [9.17, 15) is 53.5 Å². The van der Waals surface area contributed by atoms with Gasteiger partial charge in [0.25, 0.3) is 0 Å². The van der Waals surface area contributed by atoms with Crippen LogP contribution in [-0.4, -0.2) is 11.6 Å². The number of carbonyl (C=O) groups excluding carboxylic acids is 2. The van der Waals surface area contributed by atoms with E-state index in [0.29, 0.717) is 12.1 Å². The second-order valence-corrected chi connectivity index (χ2v) is 9.36. The average molecular weight is 552 g/mol. The van der Waals surface area contributed by atoms with Crippen LogP contribution in [0.25, 0.3) is 20.9 Å². The average Bonchev–Trinajstić information content (AvgIpc) is 3.49. The lowest BCUT2D eigenvalue weighted by Gasteiger charge is -2.08. The summed E-state index contributed by atoms with van der Waals surface area (Å²) in [5.74, 6) is -24.7. The number of rotatable bonds is 2. The molecule has 2 aromatic heterocycles. The molecule has 2 nitrogen and oxygen atoms in total. The minimum Gasteiger partial charge on any atom is -0.288 e. The molecule has 1 aliphatic carbocycles. The number of hydrogen-bond acceptors (Lipinski definition) is 4. The Labute approximate surface area is 200 Å². The predicted octanol–water partition coefficient (Wildman–Crippen LogP) is 7.31. The van der Waals surface area contributed by atoms with Crippen LogP contribution >= 0.6 is 22.7 Å². The van der Waals surface area contributed by atoms with E-state index in [1.54, 1.807) is 0 Å². The van der Waals surface area contributed by atoms with Crippen molar-refractivity contribution in [1.29, 1.82) is 0 Å². The van der Waals surface area contributed by atoms with Gasteiger partial charge in [-0.25, -0.2) is 43.9 Å². The first-order valence-corrected chi connectivity index (χ1v) is 10.9. The van der Waals surface area contributed by atoms with Crippen molar-refractivity contribution in [1.82, 2.24) is 0 Å². The molecule has 0 N–H and O–H groups in total. The SMILES string of the molecule is O=C1c2cc(-c3c(F)c(F)c(F)c(F)c3F)sc2C(=O)c2cc(-c3c(F)c(F)c(F)c(F)c3F)sc21. The van der Waals surface area contributed by atoms with Crippen molar-refractivity contribution >= 4 is 34.2 Å². The van der Waals surface area contributed by atoms with E-state index in [0.717, 1.165) is 0 Å². The van der Waals surface area contributed by atoms with Crippen molar-refractivity contribution in [3.8, 4) is 20.9 Å². The van der Waals surface area contributed by atoms with Gasteiger partial charge in [0.2, 0.25) is 23.2 Å². The molecule has 14 heteroatoms. The Hall–Kier alpha value is -3.52. The third kappa shape index (κ3) is 3.10. The molecule has 1 aliphatic rings. The molecule has 0 bridgehead atoms. The number of ketones is 2. The van der Waals surface area contributed by atoms with E-state index < -0.39 is 112 Å². The highest BCUT2D eigenvalue weighted by Crippen LogP contribution is 2.45. The standard InChI is InChI=1S/C22H2F10O2S2/c23-9-7(10(24)14(28)17(31)13(9)27)5-1-3-19(33)22-4(20(34)21(3)35-5)2-6(36-22)8-11(25)15(29)18(32)16(30)12(8)26/h1-2H. The first kappa shape index (κ1) is 24.2. The molecule has 0 unspecified atom stereocenters. The van der Waals surface area contributed by atoms with Crippen LogP contribution in [0, 0.1) is 58.2 Å². The van der Waals surface area contributed by atoms with Crippen molar-refractivity contribution in [2.45, 2.75) is 0 Å². The van der Waals surface area contributed by atoms with Crippen LogP contribution in [0.3, 0.4) is 0 Å². The van der Waals surface area contributed by atoms with Crippen LogP contribution < -0.4 is 0 Å². The van der Waals surface area contributed by atoms with Gasteiger partial charge >= 0.3 is 0 Å². The highest BCUT2D eigenvalue weighted by atomic mass is 32.1. The molecule has 2 aromatic carbocycles. The normalized spacial score (nSPS) is 12.8. The largest absolute Gasteiger partial charge is 0.288 e. The lowest BCUT2D eigenvalue weighted by atomic mass is 9.94. The van der Waals surface area contributed by atoms with Gasteiger partial charge in [0.15, 0.2) is 46.5 Å². The molecule has 0 atom stereocenters. The molecule has 2 heterocycles. The number of carbonyl (C=O) groups is 2. The molecule has 0 saturated heterocycles. The number of halogens is 10. The summed E-state index contributed by atoms with van der Waals surface area (Å²) in [6.45, 7) is 0. The van der Waals surface area contributed by atoms with Gasteiger partial charge in [0, 0.05) is 20.9 Å². The van der Waals surface area contributed by atoms with Gasteiger partial charge in [0.05, 0.1) is 20.9 Å². The fraction of sp³-hybridized carbons (Fsp3) is 0. The van der Waals surface area contributed by atoms with E-state index in [1.165, 1.54) is 0 Å². The number of thiophene rings is 2. The third-order valence-corrected chi connectivity index (χ3v) is 7.58. The summed E-state index contributed by atoms with van der Waals surface area (Å²) in [7, 11) is 0. The van der Waals surface area contributed by atoms with E-state index in [4.69, 9.17) is 0 Å². The summed E-state index contributed by atoms with van der Waals surface area (Å²) < 4.78 is 138. The molecule has 5 rings (SSSR count). The van der Waals surface area contributed by atoms with E-state index in [2.05, 4.69) is 0 Å². The first-order chi connectivity index (χ1) is 16.9. The molecule has 0 saturated carbocycles. The first-order valence-electron chi connectivity index (χ1n) is 9.27. The maximum absolute atomic E-state index is 14.2. The fourth-order valence-corrected chi connectivity index (χ4v) is 5.87. The second kappa shape index (κ2) is 8.00. The van der Waals surface area contributed by atoms with Crippen LogP contribution in [0.5, 0.6) is 0 Å². The number of fused-ring (bicyclic) bond motifs is 2. The van der Waals surface area contributed by atoms with Crippen molar-refractivity contribution < 1.29 is 53.5 Å². The van der Waals surface area contributed by atoms with Gasteiger partial charge < -0.3 is 0 Å². The molecule has 0 aliphatic heterocycles. The van der Waals surface area contributed by atoms with E-state index >= 15 is 0 Å². The van der Waals surface area contributed by atoms with Crippen molar-refractivity contribution in [3.63, 3.8) is 0 Å². The quantitative estimate of drug-likeness (QED) is 0.131. The second-order valence-electron chi connectivity index (χ2n) is 7.25. The highest BCUT2D eigenvalue weighted by Gasteiger charge is 2.38. The number of hydrogen-bond donors (Lipinski definition) is 0. The Balaban J connectivity index is 1.66. The molecule has 0 radical (unpaired) electrons. The van der Waals surface area contributed by atoms with Gasteiger partial charge in [-0.15, -0.1) is 22.7 Å². The molecule has 0 spiro atoms. The van der Waals surface area contributed by atoms with Gasteiger partial charge in [-0.05, 0) is 12.1 Å². The molecule has 4 aromatic rings.